The number of carbonyl (C=O) groups is 1. The molecule has 1 aliphatic heterocycles. The highest BCUT2D eigenvalue weighted by atomic mass is 16.4. The van der Waals surface area contributed by atoms with Gasteiger partial charge in [0.25, 0.3) is 0 Å². The van der Waals surface area contributed by atoms with E-state index in [2.05, 4.69) is 61.0 Å². The van der Waals surface area contributed by atoms with Crippen molar-refractivity contribution in [1.29, 1.82) is 0 Å². The van der Waals surface area contributed by atoms with E-state index in [-0.39, 0.29) is 6.42 Å². The van der Waals surface area contributed by atoms with E-state index in [0.717, 1.165) is 39.9 Å². The summed E-state index contributed by atoms with van der Waals surface area (Å²) >= 11 is 0. The van der Waals surface area contributed by atoms with Gasteiger partial charge in [0.05, 0.1) is 17.6 Å². The van der Waals surface area contributed by atoms with Crippen LogP contribution >= 0.6 is 0 Å². The van der Waals surface area contributed by atoms with Crippen molar-refractivity contribution < 1.29 is 9.90 Å². The van der Waals surface area contributed by atoms with Gasteiger partial charge in [-0.2, -0.15) is 0 Å². The van der Waals surface area contributed by atoms with Crippen LogP contribution in [0.15, 0.2) is 30.3 Å². The van der Waals surface area contributed by atoms with E-state index in [1.54, 1.807) is 0 Å². The largest absolute Gasteiger partial charge is 0.481 e. The number of benzene rings is 2. The first kappa shape index (κ1) is 16.7. The molecule has 0 saturated heterocycles. The molecule has 4 rings (SSSR count). The second-order valence-corrected chi connectivity index (χ2v) is 7.49. The van der Waals surface area contributed by atoms with Crippen molar-refractivity contribution in [2.75, 3.05) is 5.32 Å². The zero-order valence-corrected chi connectivity index (χ0v) is 15.7. The van der Waals surface area contributed by atoms with Gasteiger partial charge in [-0.3, -0.25) is 4.79 Å². The Morgan fingerprint density at radius 3 is 2.58 bits per heavy atom. The Morgan fingerprint density at radius 1 is 1.23 bits per heavy atom. The number of anilines is 1. The first-order valence-electron chi connectivity index (χ1n) is 9.07. The summed E-state index contributed by atoms with van der Waals surface area (Å²) in [5, 5.41) is 14.3. The fraction of sp³-hybridized carbons (Fsp3) is 0.318. The molecule has 4 nitrogen and oxygen atoms in total. The van der Waals surface area contributed by atoms with E-state index < -0.39 is 5.97 Å². The SMILES string of the molecule is Cc1ccc(-c2c(CC(=O)O)c(C)c3c4c2cc(C)n4C[C@@H](C)N3)cc1. The molecular weight excluding hydrogens is 324 g/mol. The lowest BCUT2D eigenvalue weighted by Gasteiger charge is -2.29. The quantitative estimate of drug-likeness (QED) is 0.723. The second-order valence-electron chi connectivity index (χ2n) is 7.49. The lowest BCUT2D eigenvalue weighted by atomic mass is 9.88. The Labute approximate surface area is 153 Å². The fourth-order valence-corrected chi connectivity index (χ4v) is 4.22. The number of nitrogens with zero attached hydrogens (tertiary/aromatic N) is 1. The van der Waals surface area contributed by atoms with Crippen molar-refractivity contribution in [2.45, 2.75) is 46.7 Å². The van der Waals surface area contributed by atoms with Gasteiger partial charge in [0, 0.05) is 23.7 Å². The minimum absolute atomic E-state index is 0.0261. The molecule has 0 unspecified atom stereocenters. The standard InChI is InChI=1S/C22H24N2O2/c1-12-5-7-16(8-6-12)20-17(10-19(25)26)15(4)21-22-18(20)9-14(3)24(22)11-13(2)23-21/h5-9,13,23H,10-11H2,1-4H3,(H,25,26)/t13-/m1/s1. The number of carboxylic acid groups (broad SMARTS) is 1. The van der Waals surface area contributed by atoms with E-state index in [1.165, 1.54) is 16.8 Å². The van der Waals surface area contributed by atoms with Crippen LogP contribution in [0.1, 0.15) is 29.3 Å². The summed E-state index contributed by atoms with van der Waals surface area (Å²) in [5.74, 6) is -0.798. The van der Waals surface area contributed by atoms with Gasteiger partial charge in [0.2, 0.25) is 0 Å². The highest BCUT2D eigenvalue weighted by molar-refractivity contribution is 6.07. The molecule has 0 amide bonds. The molecule has 3 aromatic rings. The minimum atomic E-state index is -0.798. The molecule has 0 aliphatic carbocycles. The van der Waals surface area contributed by atoms with Crippen LogP contribution in [0, 0.1) is 20.8 Å². The predicted octanol–water partition coefficient (Wildman–Crippen LogP) is 4.67. The molecule has 2 aromatic carbocycles. The number of aromatic nitrogens is 1. The van der Waals surface area contributed by atoms with Gasteiger partial charge in [0.1, 0.15) is 0 Å². The van der Waals surface area contributed by atoms with E-state index in [4.69, 9.17) is 0 Å². The van der Waals surface area contributed by atoms with E-state index in [0.29, 0.717) is 6.04 Å². The number of hydrogen-bond donors (Lipinski definition) is 2. The van der Waals surface area contributed by atoms with Crippen LogP contribution in [-0.4, -0.2) is 21.7 Å². The van der Waals surface area contributed by atoms with Gasteiger partial charge >= 0.3 is 5.97 Å². The maximum absolute atomic E-state index is 11.6. The minimum Gasteiger partial charge on any atom is -0.481 e. The summed E-state index contributed by atoms with van der Waals surface area (Å²) in [5.41, 5.74) is 8.78. The van der Waals surface area contributed by atoms with Crippen LogP contribution in [0.2, 0.25) is 0 Å². The predicted molar refractivity (Wildman–Crippen MR) is 106 cm³/mol. The van der Waals surface area contributed by atoms with Crippen molar-refractivity contribution in [3.8, 4) is 11.1 Å². The van der Waals surface area contributed by atoms with E-state index in [9.17, 15) is 9.90 Å². The highest BCUT2D eigenvalue weighted by Crippen LogP contribution is 2.43. The average Bonchev–Trinajstić information content (AvgIpc) is 2.90. The van der Waals surface area contributed by atoms with Gasteiger partial charge < -0.3 is 15.0 Å². The van der Waals surface area contributed by atoms with Crippen LogP contribution in [0.5, 0.6) is 0 Å². The first-order valence-corrected chi connectivity index (χ1v) is 9.07. The summed E-state index contributed by atoms with van der Waals surface area (Å²) in [6.45, 7) is 9.33. The Hall–Kier alpha value is -2.75. The monoisotopic (exact) mass is 348 g/mol. The zero-order valence-electron chi connectivity index (χ0n) is 15.7. The van der Waals surface area contributed by atoms with Gasteiger partial charge in [-0.05, 0) is 56.0 Å². The third kappa shape index (κ3) is 2.48. The topological polar surface area (TPSA) is 54.3 Å². The third-order valence-corrected chi connectivity index (χ3v) is 5.46. The summed E-state index contributed by atoms with van der Waals surface area (Å²) in [6, 6.07) is 10.9. The molecule has 2 N–H and O–H groups in total. The zero-order chi connectivity index (χ0) is 18.6. The Bertz CT molecular complexity index is 1030. The van der Waals surface area contributed by atoms with E-state index >= 15 is 0 Å². The van der Waals surface area contributed by atoms with Gasteiger partial charge in [-0.15, -0.1) is 0 Å². The van der Waals surface area contributed by atoms with Crippen LogP contribution in [-0.2, 0) is 17.8 Å². The summed E-state index contributed by atoms with van der Waals surface area (Å²) in [6.07, 6.45) is 0.0261. The molecule has 0 spiro atoms. The second kappa shape index (κ2) is 5.90. The van der Waals surface area contributed by atoms with Crippen molar-refractivity contribution >= 4 is 22.6 Å². The molecule has 0 radical (unpaired) electrons. The molecule has 0 bridgehead atoms. The molecule has 4 heteroatoms. The fourth-order valence-electron chi connectivity index (χ4n) is 4.22. The van der Waals surface area contributed by atoms with Gasteiger partial charge in [-0.25, -0.2) is 0 Å². The van der Waals surface area contributed by atoms with Crippen molar-refractivity contribution in [1.82, 2.24) is 4.57 Å². The van der Waals surface area contributed by atoms with Crippen LogP contribution < -0.4 is 5.32 Å². The molecule has 2 heterocycles. The Balaban J connectivity index is 2.12. The smallest absolute Gasteiger partial charge is 0.307 e. The molecule has 0 saturated carbocycles. The number of carboxylic acids is 1. The van der Waals surface area contributed by atoms with Gasteiger partial charge in [0.15, 0.2) is 0 Å². The van der Waals surface area contributed by atoms with Crippen molar-refractivity contribution in [3.63, 3.8) is 0 Å². The number of aliphatic carboxylic acids is 1. The maximum Gasteiger partial charge on any atom is 0.307 e. The molecule has 134 valence electrons. The summed E-state index contributed by atoms with van der Waals surface area (Å²) in [7, 11) is 0. The van der Waals surface area contributed by atoms with Gasteiger partial charge in [-0.1, -0.05) is 29.8 Å². The molecule has 26 heavy (non-hydrogen) atoms. The number of aryl methyl sites for hydroxylation is 2. The molecule has 1 atom stereocenters. The molecule has 1 aromatic heterocycles. The normalized spacial score (nSPS) is 15.9. The van der Waals surface area contributed by atoms with Crippen molar-refractivity contribution in [2.24, 2.45) is 0 Å². The molecular formula is C22H24N2O2. The third-order valence-electron chi connectivity index (χ3n) is 5.46. The first-order chi connectivity index (χ1) is 12.4. The number of nitrogens with one attached hydrogen (secondary N) is 1. The molecule has 1 aliphatic rings. The number of hydrogen-bond acceptors (Lipinski definition) is 2. The molecule has 0 fully saturated rings. The Morgan fingerprint density at radius 2 is 1.92 bits per heavy atom. The highest BCUT2D eigenvalue weighted by Gasteiger charge is 2.27. The lowest BCUT2D eigenvalue weighted by molar-refractivity contribution is -0.136. The van der Waals surface area contributed by atoms with Crippen LogP contribution in [0.4, 0.5) is 5.69 Å². The van der Waals surface area contributed by atoms with Crippen molar-refractivity contribution in [3.05, 3.63) is 52.7 Å². The summed E-state index contributed by atoms with van der Waals surface area (Å²) in [4.78, 5) is 11.6. The number of rotatable bonds is 3. The van der Waals surface area contributed by atoms with Crippen LogP contribution in [0.25, 0.3) is 22.0 Å². The summed E-state index contributed by atoms with van der Waals surface area (Å²) < 4.78 is 2.36. The average molecular weight is 348 g/mol. The lowest BCUT2D eigenvalue weighted by Crippen LogP contribution is -2.28. The Kier molecular flexibility index (Phi) is 3.79. The van der Waals surface area contributed by atoms with Crippen LogP contribution in [0.3, 0.4) is 0 Å². The van der Waals surface area contributed by atoms with E-state index in [1.807, 2.05) is 6.92 Å². The maximum atomic E-state index is 11.6.